The number of methoxy groups -OCH3 is 1. The van der Waals surface area contributed by atoms with Crippen LogP contribution in [0.25, 0.3) is 0 Å². The molecule has 0 aliphatic carbocycles. The van der Waals surface area contributed by atoms with Crippen LogP contribution < -0.4 is 10.1 Å². The molecule has 22 heavy (non-hydrogen) atoms. The maximum Gasteiger partial charge on any atom is 0.417 e. The molecule has 8 heteroatoms. The summed E-state index contributed by atoms with van der Waals surface area (Å²) in [4.78, 5) is 3.78. The van der Waals surface area contributed by atoms with Gasteiger partial charge in [-0.25, -0.2) is 9.67 Å². The summed E-state index contributed by atoms with van der Waals surface area (Å²) in [5.74, 6) is 0.984. The Balaban J connectivity index is 2.13. The molecule has 0 saturated carbocycles. The van der Waals surface area contributed by atoms with Gasteiger partial charge in [0.25, 0.3) is 0 Å². The minimum absolute atomic E-state index is 0.362. The number of nitrogens with one attached hydrogen (secondary N) is 1. The molecule has 2 aromatic heterocycles. The third kappa shape index (κ3) is 3.32. The molecule has 1 N–H and O–H groups in total. The van der Waals surface area contributed by atoms with Crippen molar-refractivity contribution in [3.05, 3.63) is 35.2 Å². The smallest absolute Gasteiger partial charge is 0.417 e. The first-order chi connectivity index (χ1) is 10.4. The summed E-state index contributed by atoms with van der Waals surface area (Å²) in [6.07, 6.45) is -2.84. The zero-order valence-electron chi connectivity index (χ0n) is 12.5. The monoisotopic (exact) mass is 314 g/mol. The van der Waals surface area contributed by atoms with E-state index in [1.54, 1.807) is 18.8 Å². The molecule has 2 rings (SSSR count). The van der Waals surface area contributed by atoms with Gasteiger partial charge in [0.2, 0.25) is 5.88 Å². The highest BCUT2D eigenvalue weighted by atomic mass is 19.4. The van der Waals surface area contributed by atoms with Crippen LogP contribution in [0.1, 0.15) is 23.7 Å². The minimum Gasteiger partial charge on any atom is -0.481 e. The van der Waals surface area contributed by atoms with Crippen molar-refractivity contribution in [2.24, 2.45) is 7.05 Å². The number of rotatable bonds is 5. The molecule has 2 aromatic rings. The summed E-state index contributed by atoms with van der Waals surface area (Å²) in [5.41, 5.74) is 0.971. The molecule has 2 heterocycles. The molecule has 0 bridgehead atoms. The second-order valence-electron chi connectivity index (χ2n) is 4.70. The molecule has 120 valence electrons. The van der Waals surface area contributed by atoms with Crippen molar-refractivity contribution >= 4 is 5.82 Å². The van der Waals surface area contributed by atoms with Crippen molar-refractivity contribution < 1.29 is 17.9 Å². The summed E-state index contributed by atoms with van der Waals surface area (Å²) in [7, 11) is 3.33. The highest BCUT2D eigenvalue weighted by molar-refractivity contribution is 5.40. The lowest BCUT2D eigenvalue weighted by molar-refractivity contribution is -0.137. The van der Waals surface area contributed by atoms with Crippen LogP contribution in [0.2, 0.25) is 0 Å². The number of aryl methyl sites for hydroxylation is 2. The van der Waals surface area contributed by atoms with Crippen LogP contribution >= 0.6 is 0 Å². The van der Waals surface area contributed by atoms with Crippen molar-refractivity contribution in [3.8, 4) is 5.88 Å². The van der Waals surface area contributed by atoms with E-state index in [0.717, 1.165) is 29.9 Å². The Morgan fingerprint density at radius 3 is 2.55 bits per heavy atom. The van der Waals surface area contributed by atoms with Gasteiger partial charge >= 0.3 is 6.18 Å². The SMILES string of the molecule is CCc1nn(C)c(OC)c1CNc1ccc(C(F)(F)F)cn1. The Morgan fingerprint density at radius 2 is 2.05 bits per heavy atom. The average molecular weight is 314 g/mol. The van der Waals surface area contributed by atoms with E-state index in [9.17, 15) is 13.2 Å². The van der Waals surface area contributed by atoms with Crippen molar-refractivity contribution in [1.29, 1.82) is 0 Å². The van der Waals surface area contributed by atoms with E-state index >= 15 is 0 Å². The third-order valence-electron chi connectivity index (χ3n) is 3.24. The molecular formula is C14H17F3N4O. The largest absolute Gasteiger partial charge is 0.481 e. The summed E-state index contributed by atoms with van der Waals surface area (Å²) >= 11 is 0. The summed E-state index contributed by atoms with van der Waals surface area (Å²) in [5, 5.41) is 7.33. The fourth-order valence-electron chi connectivity index (χ4n) is 2.17. The lowest BCUT2D eigenvalue weighted by Gasteiger charge is -2.09. The van der Waals surface area contributed by atoms with E-state index in [2.05, 4.69) is 15.4 Å². The van der Waals surface area contributed by atoms with Crippen molar-refractivity contribution in [2.75, 3.05) is 12.4 Å². The van der Waals surface area contributed by atoms with Crippen LogP contribution in [0.4, 0.5) is 19.0 Å². The number of nitrogens with zero attached hydrogens (tertiary/aromatic N) is 3. The summed E-state index contributed by atoms with van der Waals surface area (Å²) in [6.45, 7) is 2.35. The van der Waals surface area contributed by atoms with Gasteiger partial charge in [-0.1, -0.05) is 6.92 Å². The van der Waals surface area contributed by atoms with Gasteiger partial charge in [-0.2, -0.15) is 18.3 Å². The van der Waals surface area contributed by atoms with Gasteiger partial charge in [0.05, 0.1) is 23.9 Å². The van der Waals surface area contributed by atoms with Gasteiger partial charge in [-0.05, 0) is 18.6 Å². The van der Waals surface area contributed by atoms with Crippen LogP contribution in [0.5, 0.6) is 5.88 Å². The molecule has 0 unspecified atom stereocenters. The fraction of sp³-hybridized carbons (Fsp3) is 0.429. The van der Waals surface area contributed by atoms with E-state index in [1.165, 1.54) is 6.07 Å². The Morgan fingerprint density at radius 1 is 1.32 bits per heavy atom. The first-order valence-corrected chi connectivity index (χ1v) is 6.72. The van der Waals surface area contributed by atoms with Gasteiger partial charge in [0.1, 0.15) is 5.82 Å². The van der Waals surface area contributed by atoms with Crippen molar-refractivity contribution in [3.63, 3.8) is 0 Å². The number of aromatic nitrogens is 3. The molecule has 0 aromatic carbocycles. The topological polar surface area (TPSA) is 52.0 Å². The predicted octanol–water partition coefficient (Wildman–Crippen LogP) is 3.02. The van der Waals surface area contributed by atoms with Crippen molar-refractivity contribution in [2.45, 2.75) is 26.1 Å². The Labute approximate surface area is 126 Å². The number of ether oxygens (including phenoxy) is 1. The van der Waals surface area contributed by atoms with Crippen LogP contribution in [0.15, 0.2) is 18.3 Å². The second-order valence-corrected chi connectivity index (χ2v) is 4.70. The lowest BCUT2D eigenvalue weighted by atomic mass is 10.2. The van der Waals surface area contributed by atoms with Crippen LogP contribution in [0, 0.1) is 0 Å². The number of anilines is 1. The van der Waals surface area contributed by atoms with Gasteiger partial charge in [-0.3, -0.25) is 0 Å². The first-order valence-electron chi connectivity index (χ1n) is 6.72. The molecule has 0 aliphatic heterocycles. The second kappa shape index (κ2) is 6.25. The maximum absolute atomic E-state index is 12.5. The number of alkyl halides is 3. The highest BCUT2D eigenvalue weighted by Gasteiger charge is 2.30. The van der Waals surface area contributed by atoms with E-state index in [1.807, 2.05) is 6.92 Å². The molecule has 0 amide bonds. The van der Waals surface area contributed by atoms with E-state index in [0.29, 0.717) is 18.2 Å². The standard InChI is InChI=1S/C14H17F3N4O/c1-4-11-10(13(22-3)21(2)20-11)8-19-12-6-5-9(7-18-12)14(15,16)17/h5-7H,4,8H2,1-3H3,(H,18,19). The number of hydrogen-bond donors (Lipinski definition) is 1. The zero-order chi connectivity index (χ0) is 16.3. The van der Waals surface area contributed by atoms with E-state index in [-0.39, 0.29) is 0 Å². The van der Waals surface area contributed by atoms with E-state index in [4.69, 9.17) is 4.74 Å². The minimum atomic E-state index is -4.38. The Hall–Kier alpha value is -2.25. The van der Waals surface area contributed by atoms with Gasteiger partial charge in [0, 0.05) is 19.8 Å². The Bertz CT molecular complexity index is 635. The molecule has 0 aliphatic rings. The van der Waals surface area contributed by atoms with Crippen LogP contribution in [-0.2, 0) is 26.2 Å². The summed E-state index contributed by atoms with van der Waals surface area (Å²) in [6, 6.07) is 2.30. The van der Waals surface area contributed by atoms with Crippen LogP contribution in [-0.4, -0.2) is 21.9 Å². The maximum atomic E-state index is 12.5. The van der Waals surface area contributed by atoms with Gasteiger partial charge in [-0.15, -0.1) is 0 Å². The normalized spacial score (nSPS) is 11.5. The summed E-state index contributed by atoms with van der Waals surface area (Å²) < 4.78 is 44.4. The third-order valence-corrected chi connectivity index (χ3v) is 3.24. The van der Waals surface area contributed by atoms with E-state index < -0.39 is 11.7 Å². The highest BCUT2D eigenvalue weighted by Crippen LogP contribution is 2.29. The molecular weight excluding hydrogens is 297 g/mol. The number of pyridine rings is 1. The van der Waals surface area contributed by atoms with Gasteiger partial charge in [0.15, 0.2) is 0 Å². The first kappa shape index (κ1) is 16.1. The molecule has 0 spiro atoms. The van der Waals surface area contributed by atoms with Crippen molar-refractivity contribution in [1.82, 2.24) is 14.8 Å². The predicted molar refractivity (Wildman–Crippen MR) is 75.7 cm³/mol. The molecule has 0 radical (unpaired) electrons. The lowest BCUT2D eigenvalue weighted by Crippen LogP contribution is -2.08. The zero-order valence-corrected chi connectivity index (χ0v) is 12.5. The quantitative estimate of drug-likeness (QED) is 0.922. The molecule has 0 saturated heterocycles. The Kier molecular flexibility index (Phi) is 4.58. The molecule has 0 atom stereocenters. The molecule has 5 nitrogen and oxygen atoms in total. The van der Waals surface area contributed by atoms with Gasteiger partial charge < -0.3 is 10.1 Å². The molecule has 0 fully saturated rings. The number of hydrogen-bond acceptors (Lipinski definition) is 4. The fourth-order valence-corrected chi connectivity index (χ4v) is 2.17. The number of halogens is 3. The van der Waals surface area contributed by atoms with Crippen LogP contribution in [0.3, 0.4) is 0 Å². The average Bonchev–Trinajstić information content (AvgIpc) is 2.79.